The minimum atomic E-state index is 0.201. The van der Waals surface area contributed by atoms with E-state index in [0.717, 1.165) is 26.4 Å². The Morgan fingerprint density at radius 3 is 2.24 bits per heavy atom. The number of hydrogen-bond donors (Lipinski definition) is 2. The van der Waals surface area contributed by atoms with Crippen molar-refractivity contribution in [1.29, 1.82) is 0 Å². The lowest BCUT2D eigenvalue weighted by atomic mass is 10.1. The summed E-state index contributed by atoms with van der Waals surface area (Å²) >= 11 is 1.56. The summed E-state index contributed by atoms with van der Waals surface area (Å²) in [4.78, 5) is 1.93. The first-order valence-corrected chi connectivity index (χ1v) is 8.39. The van der Waals surface area contributed by atoms with Crippen LogP contribution in [0.15, 0.2) is 54.6 Å². The molecule has 0 fully saturated rings. The second kappa shape index (κ2) is 6.03. The minimum absolute atomic E-state index is 0.201. The first-order valence-electron chi connectivity index (χ1n) is 7.57. The van der Waals surface area contributed by atoms with Crippen molar-refractivity contribution in [2.24, 2.45) is 7.05 Å². The van der Waals surface area contributed by atoms with Gasteiger partial charge in [-0.2, -0.15) is 0 Å². The molecule has 0 saturated heterocycles. The summed E-state index contributed by atoms with van der Waals surface area (Å²) in [5.74, 6) is 1.06. The highest BCUT2D eigenvalue weighted by molar-refractivity contribution is 7.19. The molecular formula is C18H14N4O2S. The van der Waals surface area contributed by atoms with Crippen LogP contribution in [-0.2, 0) is 7.05 Å². The van der Waals surface area contributed by atoms with Gasteiger partial charge in [-0.3, -0.25) is 0 Å². The number of aromatic nitrogens is 4. The summed E-state index contributed by atoms with van der Waals surface area (Å²) < 4.78 is 1.61. The highest BCUT2D eigenvalue weighted by Crippen LogP contribution is 2.43. The predicted octanol–water partition coefficient (Wildman–Crippen LogP) is 3.68. The van der Waals surface area contributed by atoms with Crippen LogP contribution >= 0.6 is 11.3 Å². The molecule has 0 atom stereocenters. The number of aromatic hydroxyl groups is 2. The van der Waals surface area contributed by atoms with E-state index in [-0.39, 0.29) is 11.5 Å². The average molecular weight is 350 g/mol. The maximum Gasteiger partial charge on any atom is 0.183 e. The lowest BCUT2D eigenvalue weighted by molar-refractivity contribution is 0.475. The van der Waals surface area contributed by atoms with Crippen molar-refractivity contribution in [3.8, 4) is 43.8 Å². The Balaban J connectivity index is 1.94. The lowest BCUT2D eigenvalue weighted by Gasteiger charge is -2.03. The van der Waals surface area contributed by atoms with E-state index >= 15 is 0 Å². The summed E-state index contributed by atoms with van der Waals surface area (Å²) in [5, 5.41) is 31.4. The molecule has 0 aliphatic carbocycles. The number of thiophene rings is 1. The number of phenolic OH excluding ortho intramolecular Hbond substituents is 2. The third-order valence-corrected chi connectivity index (χ3v) is 5.07. The van der Waals surface area contributed by atoms with Gasteiger partial charge in [0.05, 0.1) is 0 Å². The van der Waals surface area contributed by atoms with Crippen molar-refractivity contribution >= 4 is 11.3 Å². The molecule has 0 unspecified atom stereocenters. The third-order valence-electron chi connectivity index (χ3n) is 3.83. The summed E-state index contributed by atoms with van der Waals surface area (Å²) in [7, 11) is 1.78. The Morgan fingerprint density at radius 2 is 1.60 bits per heavy atom. The number of benzene rings is 2. The zero-order chi connectivity index (χ0) is 17.4. The molecule has 2 aromatic carbocycles. The van der Waals surface area contributed by atoms with Crippen molar-refractivity contribution in [3.05, 3.63) is 54.6 Å². The van der Waals surface area contributed by atoms with E-state index in [4.69, 9.17) is 0 Å². The van der Waals surface area contributed by atoms with Crippen LogP contribution < -0.4 is 0 Å². The molecule has 7 heteroatoms. The molecule has 0 aliphatic heterocycles. The summed E-state index contributed by atoms with van der Waals surface area (Å²) in [6.07, 6.45) is 0. The molecule has 2 aromatic heterocycles. The van der Waals surface area contributed by atoms with Crippen molar-refractivity contribution in [2.45, 2.75) is 0 Å². The molecule has 0 spiro atoms. The van der Waals surface area contributed by atoms with Gasteiger partial charge < -0.3 is 10.2 Å². The van der Waals surface area contributed by atoms with Crippen molar-refractivity contribution in [3.63, 3.8) is 0 Å². The fourth-order valence-corrected chi connectivity index (χ4v) is 3.82. The lowest BCUT2D eigenvalue weighted by Crippen LogP contribution is -1.94. The van der Waals surface area contributed by atoms with Crippen LogP contribution in [0.3, 0.4) is 0 Å². The first-order chi connectivity index (χ1) is 12.1. The van der Waals surface area contributed by atoms with Gasteiger partial charge in [0.1, 0.15) is 11.5 Å². The second-order valence-electron chi connectivity index (χ2n) is 5.58. The fraction of sp³-hybridized carbons (Fsp3) is 0.0556. The molecule has 0 bridgehead atoms. The molecule has 2 heterocycles. The zero-order valence-electron chi connectivity index (χ0n) is 13.3. The van der Waals surface area contributed by atoms with Gasteiger partial charge in [-0.05, 0) is 51.9 Å². The summed E-state index contributed by atoms with van der Waals surface area (Å²) in [6, 6.07) is 16.2. The largest absolute Gasteiger partial charge is 0.508 e. The van der Waals surface area contributed by atoms with E-state index < -0.39 is 0 Å². The topological polar surface area (TPSA) is 84.1 Å². The maximum atomic E-state index is 9.84. The fourth-order valence-electron chi connectivity index (χ4n) is 2.68. The van der Waals surface area contributed by atoms with Gasteiger partial charge in [0.2, 0.25) is 0 Å². The van der Waals surface area contributed by atoms with Crippen molar-refractivity contribution in [2.75, 3.05) is 0 Å². The van der Waals surface area contributed by atoms with E-state index in [9.17, 15) is 10.2 Å². The number of nitrogens with zero attached hydrogens (tertiary/aromatic N) is 4. The highest BCUT2D eigenvalue weighted by Gasteiger charge is 2.18. The Hall–Kier alpha value is -3.19. The molecule has 25 heavy (non-hydrogen) atoms. The van der Waals surface area contributed by atoms with Gasteiger partial charge in [0.15, 0.2) is 5.82 Å². The highest BCUT2D eigenvalue weighted by atomic mass is 32.1. The van der Waals surface area contributed by atoms with Gasteiger partial charge >= 0.3 is 0 Å². The van der Waals surface area contributed by atoms with Crippen molar-refractivity contribution in [1.82, 2.24) is 20.2 Å². The third kappa shape index (κ3) is 2.85. The van der Waals surface area contributed by atoms with Crippen LogP contribution in [0.1, 0.15) is 0 Å². The first kappa shape index (κ1) is 15.3. The average Bonchev–Trinajstić information content (AvgIpc) is 3.21. The smallest absolute Gasteiger partial charge is 0.183 e. The van der Waals surface area contributed by atoms with Gasteiger partial charge in [0, 0.05) is 22.4 Å². The predicted molar refractivity (Wildman–Crippen MR) is 96.3 cm³/mol. The maximum absolute atomic E-state index is 9.84. The molecule has 0 amide bonds. The number of rotatable bonds is 3. The van der Waals surface area contributed by atoms with Crippen LogP contribution in [0, 0.1) is 0 Å². The molecule has 0 saturated carbocycles. The number of aryl methyl sites for hydroxylation is 1. The normalized spacial score (nSPS) is 10.9. The second-order valence-corrected chi connectivity index (χ2v) is 6.63. The Morgan fingerprint density at radius 1 is 0.920 bits per heavy atom. The Labute approximate surface area is 147 Å². The van der Waals surface area contributed by atoms with Gasteiger partial charge in [0.25, 0.3) is 0 Å². The number of hydrogen-bond acceptors (Lipinski definition) is 6. The van der Waals surface area contributed by atoms with Crippen LogP contribution in [0.4, 0.5) is 0 Å². The molecule has 4 rings (SSSR count). The number of phenols is 2. The minimum Gasteiger partial charge on any atom is -0.508 e. The Kier molecular flexibility index (Phi) is 3.70. The van der Waals surface area contributed by atoms with Gasteiger partial charge in [-0.15, -0.1) is 16.4 Å². The van der Waals surface area contributed by atoms with Gasteiger partial charge in [-0.25, -0.2) is 4.68 Å². The van der Waals surface area contributed by atoms with Crippen LogP contribution in [0.25, 0.3) is 32.3 Å². The van der Waals surface area contributed by atoms with E-state index in [0.29, 0.717) is 5.82 Å². The Bertz CT molecular complexity index is 1050. The molecule has 4 aromatic rings. The van der Waals surface area contributed by atoms with Crippen LogP contribution in [0.5, 0.6) is 11.5 Å². The summed E-state index contributed by atoms with van der Waals surface area (Å²) in [6.45, 7) is 0. The van der Waals surface area contributed by atoms with E-state index in [1.807, 2.05) is 24.3 Å². The van der Waals surface area contributed by atoms with E-state index in [1.165, 1.54) is 0 Å². The standard InChI is InChI=1S/C18H14N4O2S/c1-22-18(19-20-21-22)15-10-16(11-4-2-6-13(23)8-11)25-17(15)12-5-3-7-14(24)9-12/h2-10,23-24H,1H3. The van der Waals surface area contributed by atoms with Gasteiger partial charge in [-0.1, -0.05) is 24.3 Å². The SMILES string of the molecule is Cn1nnnc1-c1cc(-c2cccc(O)c2)sc1-c1cccc(O)c1. The zero-order valence-corrected chi connectivity index (χ0v) is 14.1. The summed E-state index contributed by atoms with van der Waals surface area (Å²) in [5.41, 5.74) is 2.67. The van der Waals surface area contributed by atoms with E-state index in [1.54, 1.807) is 53.4 Å². The number of tetrazole rings is 1. The molecular weight excluding hydrogens is 336 g/mol. The van der Waals surface area contributed by atoms with Crippen LogP contribution in [-0.4, -0.2) is 30.4 Å². The van der Waals surface area contributed by atoms with E-state index in [2.05, 4.69) is 15.5 Å². The quantitative estimate of drug-likeness (QED) is 0.589. The molecule has 0 aliphatic rings. The van der Waals surface area contributed by atoms with Crippen molar-refractivity contribution < 1.29 is 10.2 Å². The monoisotopic (exact) mass is 350 g/mol. The molecule has 6 nitrogen and oxygen atoms in total. The molecule has 2 N–H and O–H groups in total. The molecule has 124 valence electrons. The van der Waals surface area contributed by atoms with Crippen LogP contribution in [0.2, 0.25) is 0 Å². The molecule has 0 radical (unpaired) electrons.